The van der Waals surface area contributed by atoms with Crippen molar-refractivity contribution in [3.05, 3.63) is 17.0 Å². The van der Waals surface area contributed by atoms with E-state index in [1.807, 2.05) is 13.8 Å². The first-order valence-corrected chi connectivity index (χ1v) is 6.33. The molecule has 0 spiro atoms. The van der Waals surface area contributed by atoms with E-state index >= 15 is 0 Å². The first-order valence-electron chi connectivity index (χ1n) is 5.95. The normalized spacial score (nSPS) is 12.8. The maximum Gasteiger partial charge on any atom is 0.135 e. The van der Waals surface area contributed by atoms with Gasteiger partial charge in [-0.05, 0) is 19.8 Å². The van der Waals surface area contributed by atoms with Crippen LogP contribution in [0.15, 0.2) is 6.07 Å². The van der Waals surface area contributed by atoms with Gasteiger partial charge in [-0.25, -0.2) is 9.97 Å². The van der Waals surface area contributed by atoms with Crippen molar-refractivity contribution in [1.82, 2.24) is 9.97 Å². The van der Waals surface area contributed by atoms with Crippen LogP contribution in [0, 0.1) is 0 Å². The number of rotatable bonds is 6. The molecule has 1 atom stereocenters. The van der Waals surface area contributed by atoms with Gasteiger partial charge >= 0.3 is 0 Å². The van der Waals surface area contributed by atoms with Gasteiger partial charge in [0.25, 0.3) is 0 Å². The van der Waals surface area contributed by atoms with Crippen LogP contribution in [-0.4, -0.2) is 27.7 Å². The molecule has 1 unspecified atom stereocenters. The van der Waals surface area contributed by atoms with Gasteiger partial charge in [0.05, 0.1) is 6.10 Å². The lowest BCUT2D eigenvalue weighted by Crippen LogP contribution is -2.09. The van der Waals surface area contributed by atoms with E-state index in [1.165, 1.54) is 0 Å². The standard InChI is InChI=1S/C12H20ClN3O/c1-8(2)12-15-10(13)7-11(16-12)14-6-4-5-9(3)17/h7-9,17H,4-6H2,1-3H3,(H,14,15,16). The summed E-state index contributed by atoms with van der Waals surface area (Å²) in [6.45, 7) is 6.62. The van der Waals surface area contributed by atoms with Crippen LogP contribution in [0.1, 0.15) is 45.4 Å². The maximum atomic E-state index is 9.14. The highest BCUT2D eigenvalue weighted by Gasteiger charge is 2.06. The van der Waals surface area contributed by atoms with Gasteiger partial charge in [-0.2, -0.15) is 0 Å². The Morgan fingerprint density at radius 3 is 2.65 bits per heavy atom. The molecule has 0 saturated carbocycles. The van der Waals surface area contributed by atoms with Crippen molar-refractivity contribution in [3.63, 3.8) is 0 Å². The third-order valence-electron chi connectivity index (χ3n) is 2.33. The number of halogens is 1. The summed E-state index contributed by atoms with van der Waals surface area (Å²) < 4.78 is 0. The molecule has 2 N–H and O–H groups in total. The van der Waals surface area contributed by atoms with Crippen LogP contribution in [0.4, 0.5) is 5.82 Å². The molecule has 0 radical (unpaired) electrons. The Labute approximate surface area is 107 Å². The smallest absolute Gasteiger partial charge is 0.135 e. The molecular weight excluding hydrogens is 238 g/mol. The number of nitrogens with one attached hydrogen (secondary N) is 1. The average Bonchev–Trinajstić information content (AvgIpc) is 2.23. The van der Waals surface area contributed by atoms with Crippen LogP contribution in [0.2, 0.25) is 5.15 Å². The molecule has 1 heterocycles. The van der Waals surface area contributed by atoms with Crippen LogP contribution in [-0.2, 0) is 0 Å². The quantitative estimate of drug-likeness (QED) is 0.608. The fourth-order valence-corrected chi connectivity index (χ4v) is 1.59. The summed E-state index contributed by atoms with van der Waals surface area (Å²) in [4.78, 5) is 8.54. The summed E-state index contributed by atoms with van der Waals surface area (Å²) in [6, 6.07) is 1.72. The molecule has 1 aromatic heterocycles. The third-order valence-corrected chi connectivity index (χ3v) is 2.53. The molecule has 0 amide bonds. The number of hydrogen-bond donors (Lipinski definition) is 2. The van der Waals surface area contributed by atoms with Crippen LogP contribution in [0.3, 0.4) is 0 Å². The molecule has 0 bridgehead atoms. The largest absolute Gasteiger partial charge is 0.393 e. The summed E-state index contributed by atoms with van der Waals surface area (Å²) in [5.74, 6) is 1.75. The first kappa shape index (κ1) is 14.2. The SMILES string of the molecule is CC(O)CCCNc1cc(Cl)nc(C(C)C)n1. The minimum absolute atomic E-state index is 0.253. The van der Waals surface area contributed by atoms with Crippen molar-refractivity contribution in [3.8, 4) is 0 Å². The third kappa shape index (κ3) is 5.33. The van der Waals surface area contributed by atoms with E-state index in [2.05, 4.69) is 15.3 Å². The Hall–Kier alpha value is -0.870. The van der Waals surface area contributed by atoms with Gasteiger partial charge < -0.3 is 10.4 Å². The highest BCUT2D eigenvalue weighted by molar-refractivity contribution is 6.29. The molecule has 96 valence electrons. The van der Waals surface area contributed by atoms with Gasteiger partial charge in [-0.1, -0.05) is 25.4 Å². The van der Waals surface area contributed by atoms with Crippen LogP contribution in [0.5, 0.6) is 0 Å². The Balaban J connectivity index is 2.53. The lowest BCUT2D eigenvalue weighted by Gasteiger charge is -2.10. The Morgan fingerprint density at radius 1 is 1.35 bits per heavy atom. The van der Waals surface area contributed by atoms with Crippen molar-refractivity contribution in [2.75, 3.05) is 11.9 Å². The second kappa shape index (κ2) is 6.77. The zero-order valence-electron chi connectivity index (χ0n) is 10.6. The number of aromatic nitrogens is 2. The molecule has 0 aliphatic heterocycles. The fraction of sp³-hybridized carbons (Fsp3) is 0.667. The van der Waals surface area contributed by atoms with Crippen LogP contribution in [0.25, 0.3) is 0 Å². The number of hydrogen-bond acceptors (Lipinski definition) is 4. The maximum absolute atomic E-state index is 9.14. The minimum Gasteiger partial charge on any atom is -0.393 e. The molecule has 17 heavy (non-hydrogen) atoms. The van der Waals surface area contributed by atoms with Gasteiger partial charge in [0.15, 0.2) is 0 Å². The predicted octanol–water partition coefficient (Wildman–Crippen LogP) is 2.83. The molecule has 5 heteroatoms. The van der Waals surface area contributed by atoms with Crippen molar-refractivity contribution < 1.29 is 5.11 Å². The fourth-order valence-electron chi connectivity index (χ4n) is 1.40. The van der Waals surface area contributed by atoms with E-state index in [9.17, 15) is 0 Å². The molecule has 4 nitrogen and oxygen atoms in total. The lowest BCUT2D eigenvalue weighted by atomic mass is 10.2. The van der Waals surface area contributed by atoms with Gasteiger partial charge in [0.2, 0.25) is 0 Å². The average molecular weight is 258 g/mol. The molecule has 0 fully saturated rings. The van der Waals surface area contributed by atoms with Crippen molar-refractivity contribution in [2.45, 2.75) is 45.6 Å². The Morgan fingerprint density at radius 2 is 2.06 bits per heavy atom. The second-order valence-corrected chi connectivity index (χ2v) is 4.89. The zero-order valence-corrected chi connectivity index (χ0v) is 11.3. The van der Waals surface area contributed by atoms with Gasteiger partial charge in [0.1, 0.15) is 16.8 Å². The van der Waals surface area contributed by atoms with Crippen LogP contribution < -0.4 is 5.32 Å². The summed E-state index contributed by atoms with van der Waals surface area (Å²) in [6.07, 6.45) is 1.43. The molecular formula is C12H20ClN3O. The minimum atomic E-state index is -0.253. The second-order valence-electron chi connectivity index (χ2n) is 4.51. The molecule has 0 aliphatic carbocycles. The molecule has 0 aliphatic rings. The number of anilines is 1. The lowest BCUT2D eigenvalue weighted by molar-refractivity contribution is 0.183. The monoisotopic (exact) mass is 257 g/mol. The molecule has 1 rings (SSSR count). The van der Waals surface area contributed by atoms with E-state index in [4.69, 9.17) is 16.7 Å². The van der Waals surface area contributed by atoms with E-state index in [1.54, 1.807) is 13.0 Å². The molecule has 0 aromatic carbocycles. The van der Waals surface area contributed by atoms with E-state index in [0.29, 0.717) is 5.15 Å². The summed E-state index contributed by atoms with van der Waals surface area (Å²) >= 11 is 5.93. The Bertz CT molecular complexity index is 356. The van der Waals surface area contributed by atoms with Crippen molar-refractivity contribution in [1.29, 1.82) is 0 Å². The molecule has 1 aromatic rings. The van der Waals surface area contributed by atoms with Crippen LogP contribution >= 0.6 is 11.6 Å². The zero-order chi connectivity index (χ0) is 12.8. The highest BCUT2D eigenvalue weighted by Crippen LogP contribution is 2.16. The topological polar surface area (TPSA) is 58.0 Å². The van der Waals surface area contributed by atoms with Gasteiger partial charge in [-0.15, -0.1) is 0 Å². The predicted molar refractivity (Wildman–Crippen MR) is 70.5 cm³/mol. The highest BCUT2D eigenvalue weighted by atomic mass is 35.5. The number of aliphatic hydroxyl groups is 1. The van der Waals surface area contributed by atoms with E-state index in [-0.39, 0.29) is 12.0 Å². The summed E-state index contributed by atoms with van der Waals surface area (Å²) in [7, 11) is 0. The van der Waals surface area contributed by atoms with Crippen molar-refractivity contribution in [2.24, 2.45) is 0 Å². The van der Waals surface area contributed by atoms with Crippen molar-refractivity contribution >= 4 is 17.4 Å². The Kier molecular flexibility index (Phi) is 5.65. The first-order chi connectivity index (χ1) is 7.99. The number of nitrogens with zero attached hydrogens (tertiary/aromatic N) is 2. The summed E-state index contributed by atoms with van der Waals surface area (Å²) in [5.41, 5.74) is 0. The van der Waals surface area contributed by atoms with Gasteiger partial charge in [0, 0.05) is 18.5 Å². The summed E-state index contributed by atoms with van der Waals surface area (Å²) in [5, 5.41) is 12.8. The van der Waals surface area contributed by atoms with E-state index < -0.39 is 0 Å². The van der Waals surface area contributed by atoms with E-state index in [0.717, 1.165) is 31.0 Å². The van der Waals surface area contributed by atoms with Gasteiger partial charge in [-0.3, -0.25) is 0 Å². The number of aliphatic hydroxyl groups excluding tert-OH is 1. The molecule has 0 saturated heterocycles.